The molecule has 0 atom stereocenters. The van der Waals surface area contributed by atoms with Gasteiger partial charge in [0.2, 0.25) is 0 Å². The number of ether oxygens (including phenoxy) is 1. The number of methoxy groups -OCH3 is 1. The molecule has 2 rings (SSSR count). The first-order valence-corrected chi connectivity index (χ1v) is 6.72. The van der Waals surface area contributed by atoms with E-state index in [9.17, 15) is 4.79 Å². The van der Waals surface area contributed by atoms with E-state index in [-0.39, 0.29) is 5.97 Å². The van der Waals surface area contributed by atoms with E-state index in [0.29, 0.717) is 5.56 Å². The lowest BCUT2D eigenvalue weighted by atomic mass is 9.99. The van der Waals surface area contributed by atoms with Crippen LogP contribution < -0.4 is 5.73 Å². The molecule has 0 fully saturated rings. The van der Waals surface area contributed by atoms with E-state index in [0.717, 1.165) is 36.1 Å². The lowest BCUT2D eigenvalue weighted by molar-refractivity contribution is 0.0599. The average molecular weight is 269 g/mol. The predicted molar refractivity (Wildman–Crippen MR) is 80.7 cm³/mol. The third-order valence-electron chi connectivity index (χ3n) is 3.37. The Morgan fingerprint density at radius 2 is 1.60 bits per heavy atom. The second-order valence-electron chi connectivity index (χ2n) is 4.70. The molecule has 0 unspecified atom stereocenters. The van der Waals surface area contributed by atoms with Crippen molar-refractivity contribution < 1.29 is 9.53 Å². The van der Waals surface area contributed by atoms with Gasteiger partial charge in [-0.2, -0.15) is 0 Å². The Balaban J connectivity index is 2.01. The van der Waals surface area contributed by atoms with E-state index < -0.39 is 0 Å². The molecule has 2 N–H and O–H groups in total. The van der Waals surface area contributed by atoms with Crippen LogP contribution in [-0.2, 0) is 17.6 Å². The lowest BCUT2D eigenvalue weighted by Crippen LogP contribution is -2.06. The Morgan fingerprint density at radius 3 is 2.30 bits per heavy atom. The summed E-state index contributed by atoms with van der Waals surface area (Å²) in [6.07, 6.45) is 2.68. The van der Waals surface area contributed by atoms with E-state index in [4.69, 9.17) is 10.5 Å². The quantitative estimate of drug-likeness (QED) is 0.669. The summed E-state index contributed by atoms with van der Waals surface area (Å²) in [6, 6.07) is 15.5. The molecule has 104 valence electrons. The van der Waals surface area contributed by atoms with Gasteiger partial charge in [-0.15, -0.1) is 0 Å². The first kappa shape index (κ1) is 14.1. The zero-order valence-corrected chi connectivity index (χ0v) is 11.6. The van der Waals surface area contributed by atoms with Gasteiger partial charge in [-0.25, -0.2) is 4.79 Å². The Kier molecular flexibility index (Phi) is 4.77. The standard InChI is InChI=1S/C17H19NO2/c1-20-17(19)15-11-4-2-7-13(15)9-6-10-14-8-3-5-12-16(14)18/h2-5,7-8,11-12H,6,9-10,18H2,1H3. The number of hydrogen-bond donors (Lipinski definition) is 1. The van der Waals surface area contributed by atoms with Crippen LogP contribution in [0.5, 0.6) is 0 Å². The summed E-state index contributed by atoms with van der Waals surface area (Å²) in [5.74, 6) is -0.278. The molecule has 0 radical (unpaired) electrons. The normalized spacial score (nSPS) is 10.2. The van der Waals surface area contributed by atoms with Gasteiger partial charge in [0.15, 0.2) is 0 Å². The van der Waals surface area contributed by atoms with Crippen molar-refractivity contribution in [2.24, 2.45) is 0 Å². The number of carbonyl (C=O) groups is 1. The predicted octanol–water partition coefficient (Wildman–Crippen LogP) is 3.23. The maximum Gasteiger partial charge on any atom is 0.338 e. The van der Waals surface area contributed by atoms with E-state index in [2.05, 4.69) is 0 Å². The fourth-order valence-corrected chi connectivity index (χ4v) is 2.28. The van der Waals surface area contributed by atoms with Gasteiger partial charge in [-0.1, -0.05) is 36.4 Å². The molecule has 3 nitrogen and oxygen atoms in total. The first-order chi connectivity index (χ1) is 9.72. The van der Waals surface area contributed by atoms with E-state index in [1.54, 1.807) is 6.07 Å². The molecule has 0 saturated heterocycles. The van der Waals surface area contributed by atoms with Gasteiger partial charge in [-0.3, -0.25) is 0 Å². The van der Waals surface area contributed by atoms with Crippen molar-refractivity contribution in [2.45, 2.75) is 19.3 Å². The molecule has 0 amide bonds. The van der Waals surface area contributed by atoms with Gasteiger partial charge < -0.3 is 10.5 Å². The Hall–Kier alpha value is -2.29. The van der Waals surface area contributed by atoms with Crippen LogP contribution in [0.15, 0.2) is 48.5 Å². The summed E-state index contributed by atoms with van der Waals surface area (Å²) in [5.41, 5.74) is 9.58. The zero-order chi connectivity index (χ0) is 14.4. The number of rotatable bonds is 5. The monoisotopic (exact) mass is 269 g/mol. The minimum Gasteiger partial charge on any atom is -0.465 e. The second-order valence-corrected chi connectivity index (χ2v) is 4.70. The van der Waals surface area contributed by atoms with E-state index in [1.165, 1.54) is 7.11 Å². The Bertz CT molecular complexity index is 593. The number of nitrogens with two attached hydrogens (primary N) is 1. The van der Waals surface area contributed by atoms with Crippen LogP contribution in [0.1, 0.15) is 27.9 Å². The highest BCUT2D eigenvalue weighted by Crippen LogP contribution is 2.17. The van der Waals surface area contributed by atoms with Crippen molar-refractivity contribution in [3.63, 3.8) is 0 Å². The van der Waals surface area contributed by atoms with Crippen LogP contribution >= 0.6 is 0 Å². The summed E-state index contributed by atoms with van der Waals surface area (Å²) in [6.45, 7) is 0. The SMILES string of the molecule is COC(=O)c1ccccc1CCCc1ccccc1N. The van der Waals surface area contributed by atoms with Gasteiger partial charge in [-0.05, 0) is 42.5 Å². The Labute approximate surface area is 119 Å². The number of esters is 1. The maximum absolute atomic E-state index is 11.7. The molecule has 0 bridgehead atoms. The van der Waals surface area contributed by atoms with Crippen LogP contribution in [0, 0.1) is 0 Å². The Morgan fingerprint density at radius 1 is 1.00 bits per heavy atom. The van der Waals surface area contributed by atoms with E-state index >= 15 is 0 Å². The molecule has 0 heterocycles. The van der Waals surface area contributed by atoms with Gasteiger partial charge in [0.1, 0.15) is 0 Å². The third-order valence-corrected chi connectivity index (χ3v) is 3.37. The molecule has 0 spiro atoms. The summed E-state index contributed by atoms with van der Waals surface area (Å²) < 4.78 is 4.80. The third kappa shape index (κ3) is 3.38. The van der Waals surface area contributed by atoms with Crippen LogP contribution in [0.2, 0.25) is 0 Å². The van der Waals surface area contributed by atoms with Gasteiger partial charge in [0.05, 0.1) is 12.7 Å². The van der Waals surface area contributed by atoms with Crippen LogP contribution in [0.4, 0.5) is 5.69 Å². The van der Waals surface area contributed by atoms with Gasteiger partial charge in [0, 0.05) is 5.69 Å². The number of anilines is 1. The van der Waals surface area contributed by atoms with Crippen molar-refractivity contribution in [2.75, 3.05) is 12.8 Å². The number of hydrogen-bond acceptors (Lipinski definition) is 3. The number of para-hydroxylation sites is 1. The van der Waals surface area contributed by atoms with Crippen LogP contribution in [0.3, 0.4) is 0 Å². The molecule has 3 heteroatoms. The van der Waals surface area contributed by atoms with Crippen LogP contribution in [0.25, 0.3) is 0 Å². The summed E-state index contributed by atoms with van der Waals surface area (Å²) in [4.78, 5) is 11.7. The van der Waals surface area contributed by atoms with Crippen molar-refractivity contribution in [3.05, 3.63) is 65.2 Å². The van der Waals surface area contributed by atoms with Crippen molar-refractivity contribution in [1.82, 2.24) is 0 Å². The number of carbonyl (C=O) groups excluding carboxylic acids is 1. The summed E-state index contributed by atoms with van der Waals surface area (Å²) in [5, 5.41) is 0. The zero-order valence-electron chi connectivity index (χ0n) is 11.6. The van der Waals surface area contributed by atoms with Gasteiger partial charge in [0.25, 0.3) is 0 Å². The minimum absolute atomic E-state index is 0.278. The molecular weight excluding hydrogens is 250 g/mol. The average Bonchev–Trinajstić information content (AvgIpc) is 2.49. The smallest absolute Gasteiger partial charge is 0.338 e. The van der Waals surface area contributed by atoms with Crippen molar-refractivity contribution in [1.29, 1.82) is 0 Å². The van der Waals surface area contributed by atoms with Crippen molar-refractivity contribution in [3.8, 4) is 0 Å². The molecule has 0 saturated carbocycles. The van der Waals surface area contributed by atoms with E-state index in [1.807, 2.05) is 42.5 Å². The second kappa shape index (κ2) is 6.75. The molecule has 20 heavy (non-hydrogen) atoms. The summed E-state index contributed by atoms with van der Waals surface area (Å²) >= 11 is 0. The number of benzene rings is 2. The molecule has 2 aromatic carbocycles. The highest BCUT2D eigenvalue weighted by atomic mass is 16.5. The number of nitrogen functional groups attached to an aromatic ring is 1. The number of aryl methyl sites for hydroxylation is 2. The largest absolute Gasteiger partial charge is 0.465 e. The minimum atomic E-state index is -0.278. The molecule has 0 aliphatic carbocycles. The lowest BCUT2D eigenvalue weighted by Gasteiger charge is -2.08. The fraction of sp³-hybridized carbons (Fsp3) is 0.235. The molecule has 2 aromatic rings. The molecule has 0 aliphatic rings. The first-order valence-electron chi connectivity index (χ1n) is 6.72. The maximum atomic E-state index is 11.7. The molecular formula is C17H19NO2. The summed E-state index contributed by atoms with van der Waals surface area (Å²) in [7, 11) is 1.41. The molecule has 0 aromatic heterocycles. The highest BCUT2D eigenvalue weighted by Gasteiger charge is 2.10. The van der Waals surface area contributed by atoms with Crippen LogP contribution in [-0.4, -0.2) is 13.1 Å². The molecule has 0 aliphatic heterocycles. The van der Waals surface area contributed by atoms with Gasteiger partial charge >= 0.3 is 5.97 Å². The fourth-order valence-electron chi connectivity index (χ4n) is 2.28. The highest BCUT2D eigenvalue weighted by molar-refractivity contribution is 5.90. The van der Waals surface area contributed by atoms with Crippen molar-refractivity contribution >= 4 is 11.7 Å². The topological polar surface area (TPSA) is 52.3 Å².